The van der Waals surface area contributed by atoms with Gasteiger partial charge in [-0.3, -0.25) is 9.69 Å². The Morgan fingerprint density at radius 2 is 2.02 bits per heavy atom. The zero-order valence-electron chi connectivity index (χ0n) is 22.5. The maximum Gasteiger partial charge on any atom is 0.251 e. The van der Waals surface area contributed by atoms with Crippen LogP contribution >= 0.6 is 0 Å². The van der Waals surface area contributed by atoms with Crippen molar-refractivity contribution in [3.8, 4) is 11.5 Å². The number of rotatable bonds is 9. The molecule has 5 aromatic rings. The normalized spacial score (nSPS) is 15.1. The number of halogens is 1. The van der Waals surface area contributed by atoms with E-state index in [-0.39, 0.29) is 24.0 Å². The zero-order valence-corrected chi connectivity index (χ0v) is 23.3. The van der Waals surface area contributed by atoms with Crippen molar-refractivity contribution in [1.29, 1.82) is 0 Å². The molecule has 214 valence electrons. The molecule has 1 aliphatic heterocycles. The van der Waals surface area contributed by atoms with E-state index in [1.54, 1.807) is 35.4 Å². The Bertz CT molecular complexity index is 1680. The monoisotopic (exact) mass is 579 g/mol. The predicted octanol–water partition coefficient (Wildman–Crippen LogP) is 1.99. The van der Waals surface area contributed by atoms with Crippen LogP contribution in [0.1, 0.15) is 10.4 Å². The number of nitrogens with two attached hydrogens (primary N) is 1. The van der Waals surface area contributed by atoms with Crippen LogP contribution in [0, 0.1) is 5.82 Å². The summed E-state index contributed by atoms with van der Waals surface area (Å²) < 4.78 is 35.0. The summed E-state index contributed by atoms with van der Waals surface area (Å²) in [5.74, 6) is 0.470. The van der Waals surface area contributed by atoms with Crippen molar-refractivity contribution in [2.75, 3.05) is 61.9 Å². The molecule has 41 heavy (non-hydrogen) atoms. The summed E-state index contributed by atoms with van der Waals surface area (Å²) in [4.78, 5) is 21.1. The van der Waals surface area contributed by atoms with Gasteiger partial charge in [0.05, 0.1) is 48.4 Å². The molecule has 0 saturated carbocycles. The highest BCUT2D eigenvalue weighted by Crippen LogP contribution is 2.27. The van der Waals surface area contributed by atoms with E-state index in [0.717, 1.165) is 30.5 Å². The van der Waals surface area contributed by atoms with Gasteiger partial charge in [-0.2, -0.15) is 19.7 Å². The average molecular weight is 580 g/mol. The summed E-state index contributed by atoms with van der Waals surface area (Å²) in [7, 11) is 0. The minimum atomic E-state index is -0.999. The van der Waals surface area contributed by atoms with Gasteiger partial charge in [-0.05, 0) is 36.4 Å². The quantitative estimate of drug-likeness (QED) is 0.250. The third kappa shape index (κ3) is 5.58. The average Bonchev–Trinajstić information content (AvgIpc) is 3.72. The molecule has 6 rings (SSSR count). The molecule has 1 aromatic carbocycles. The third-order valence-electron chi connectivity index (χ3n) is 7.23. The number of furan rings is 1. The number of nitrogens with one attached hydrogen (secondary N) is 1. The van der Waals surface area contributed by atoms with E-state index in [1.807, 2.05) is 27.8 Å². The lowest BCUT2D eigenvalue weighted by atomic mass is 10.1. The van der Waals surface area contributed by atoms with Gasteiger partial charge in [-0.1, -0.05) is 11.2 Å². The minimum absolute atomic E-state index is 0.248. The Hall–Kier alpha value is -4.14. The molecule has 1 atom stereocenters. The Morgan fingerprint density at radius 3 is 2.76 bits per heavy atom. The van der Waals surface area contributed by atoms with Crippen molar-refractivity contribution < 1.29 is 18.2 Å². The fourth-order valence-electron chi connectivity index (χ4n) is 5.05. The van der Waals surface area contributed by atoms with Gasteiger partial charge in [0.25, 0.3) is 5.91 Å². The largest absolute Gasteiger partial charge is 0.617 e. The molecule has 5 heterocycles. The number of amides is 1. The molecule has 1 fully saturated rings. The van der Waals surface area contributed by atoms with Gasteiger partial charge in [-0.25, -0.2) is 9.07 Å². The van der Waals surface area contributed by atoms with Crippen LogP contribution in [0.15, 0.2) is 53.3 Å². The molecular weight excluding hydrogens is 549 g/mol. The van der Waals surface area contributed by atoms with Crippen LogP contribution in [-0.2, 0) is 17.7 Å². The number of benzene rings is 1. The number of hydrogen-bond donors (Lipinski definition) is 2. The third-order valence-corrected chi connectivity index (χ3v) is 8.01. The van der Waals surface area contributed by atoms with Crippen LogP contribution in [0.4, 0.5) is 16.0 Å². The predicted molar refractivity (Wildman–Crippen MR) is 155 cm³/mol. The Kier molecular flexibility index (Phi) is 7.51. The molecule has 3 N–H and O–H groups in total. The van der Waals surface area contributed by atoms with Gasteiger partial charge >= 0.3 is 0 Å². The van der Waals surface area contributed by atoms with Crippen molar-refractivity contribution in [2.45, 2.75) is 6.54 Å². The summed E-state index contributed by atoms with van der Waals surface area (Å²) in [6.07, 6.45) is 4.95. The molecule has 1 aliphatic rings. The highest BCUT2D eigenvalue weighted by Gasteiger charge is 2.22. The zero-order chi connectivity index (χ0) is 28.5. The van der Waals surface area contributed by atoms with Crippen molar-refractivity contribution in [3.63, 3.8) is 0 Å². The van der Waals surface area contributed by atoms with Gasteiger partial charge in [0.2, 0.25) is 5.95 Å². The van der Waals surface area contributed by atoms with E-state index in [4.69, 9.17) is 10.2 Å². The molecule has 12 nitrogen and oxygen atoms in total. The first-order valence-corrected chi connectivity index (χ1v) is 15.0. The topological polar surface area (TPSA) is 146 Å². The molecule has 4 aromatic heterocycles. The Balaban J connectivity index is 1.07. The molecule has 0 spiro atoms. The maximum atomic E-state index is 14.9. The number of carbonyl (C=O) groups is 1. The number of nitrogen functional groups attached to an aromatic ring is 1. The molecule has 14 heteroatoms. The Morgan fingerprint density at radius 1 is 1.20 bits per heavy atom. The molecule has 0 bridgehead atoms. The molecule has 1 amide bonds. The second kappa shape index (κ2) is 11.4. The summed E-state index contributed by atoms with van der Waals surface area (Å²) in [6, 6.07) is 10.1. The molecule has 0 radical (unpaired) electrons. The van der Waals surface area contributed by atoms with E-state index in [2.05, 4.69) is 25.4 Å². The van der Waals surface area contributed by atoms with Gasteiger partial charge in [-0.15, -0.1) is 0 Å². The maximum absolute atomic E-state index is 14.9. The van der Waals surface area contributed by atoms with Crippen molar-refractivity contribution >= 4 is 45.3 Å². The van der Waals surface area contributed by atoms with E-state index in [1.165, 1.54) is 6.07 Å². The fourth-order valence-corrected chi connectivity index (χ4v) is 5.44. The van der Waals surface area contributed by atoms with Gasteiger partial charge in [0.15, 0.2) is 11.4 Å². The summed E-state index contributed by atoms with van der Waals surface area (Å²) >= 11 is -0.999. The lowest BCUT2D eigenvalue weighted by Gasteiger charge is -2.36. The first-order valence-electron chi connectivity index (χ1n) is 13.3. The number of carbonyl (C=O) groups excluding carboxylic acids is 1. The molecule has 0 aliphatic carbocycles. The number of hydrogen-bond acceptors (Lipinski definition) is 9. The van der Waals surface area contributed by atoms with Crippen molar-refractivity contribution in [2.24, 2.45) is 0 Å². The highest BCUT2D eigenvalue weighted by molar-refractivity contribution is 7.90. The van der Waals surface area contributed by atoms with Gasteiger partial charge in [0.1, 0.15) is 17.3 Å². The number of piperazine rings is 1. The molecule has 0 unspecified atom stereocenters. The number of fused-ring (bicyclic) bond motifs is 3. The first-order chi connectivity index (χ1) is 19.9. The van der Waals surface area contributed by atoms with E-state index in [0.29, 0.717) is 48.2 Å². The van der Waals surface area contributed by atoms with Crippen LogP contribution in [0.3, 0.4) is 0 Å². The van der Waals surface area contributed by atoms with Crippen LogP contribution < -0.4 is 16.0 Å². The highest BCUT2D eigenvalue weighted by atomic mass is 32.2. The number of nitrogens with zero attached hydrogens (tertiary/aromatic N) is 7. The standard InChI is InChI=1S/C27H30FN9O3S/c1-41(39)14-6-30-26(38)18-4-5-22(20(28)15-18)35-10-7-34(8-11-35)9-12-36-25-19(17-31-36)23-16-21(24-3-2-13-40-24)33-37(23)27(29)32-25/h2-5,13,15-17H,6-12,14H2,1H3,(H2,29,32)(H,30,38)/t41-/m1/s1. The lowest BCUT2D eigenvalue weighted by molar-refractivity contribution is 0.0955. The molecule has 1 saturated heterocycles. The SMILES string of the molecule is C[S@@+]([O-])CCNC(=O)c1ccc(N2CCN(CCn3ncc4c3nc(N)n3nc(-c5ccco5)cc43)CC2)c(F)c1. The van der Waals surface area contributed by atoms with E-state index >= 15 is 0 Å². The first kappa shape index (κ1) is 27.1. The van der Waals surface area contributed by atoms with Crippen molar-refractivity contribution in [3.05, 3.63) is 60.2 Å². The Labute approximate surface area is 238 Å². The summed E-state index contributed by atoms with van der Waals surface area (Å²) in [5.41, 5.74) is 9.13. The number of anilines is 2. The van der Waals surface area contributed by atoms with Gasteiger partial charge in [0, 0.05) is 38.3 Å². The minimum Gasteiger partial charge on any atom is -0.617 e. The van der Waals surface area contributed by atoms with Crippen molar-refractivity contribution in [1.82, 2.24) is 34.6 Å². The van der Waals surface area contributed by atoms with Crippen LogP contribution in [-0.4, -0.2) is 91.0 Å². The smallest absolute Gasteiger partial charge is 0.251 e. The van der Waals surface area contributed by atoms with E-state index < -0.39 is 17.0 Å². The second-order valence-corrected chi connectivity index (χ2v) is 11.5. The fraction of sp³-hybridized carbons (Fsp3) is 0.333. The lowest BCUT2D eigenvalue weighted by Crippen LogP contribution is -2.47. The number of aromatic nitrogens is 5. The summed E-state index contributed by atoms with van der Waals surface area (Å²) in [6.45, 7) is 4.47. The summed E-state index contributed by atoms with van der Waals surface area (Å²) in [5, 5.41) is 12.6. The van der Waals surface area contributed by atoms with Crippen LogP contribution in [0.5, 0.6) is 0 Å². The van der Waals surface area contributed by atoms with Crippen LogP contribution in [0.2, 0.25) is 0 Å². The second-order valence-electron chi connectivity index (χ2n) is 9.91. The van der Waals surface area contributed by atoms with E-state index in [9.17, 15) is 13.7 Å². The van der Waals surface area contributed by atoms with Crippen LogP contribution in [0.25, 0.3) is 28.0 Å². The van der Waals surface area contributed by atoms with Gasteiger partial charge < -0.3 is 24.9 Å². The molecular formula is C27H30FN9O3S.